The monoisotopic (exact) mass is 240 g/mol. The molecule has 4 heteroatoms. The third kappa shape index (κ3) is 1.74. The summed E-state index contributed by atoms with van der Waals surface area (Å²) in [4.78, 5) is 0. The summed E-state index contributed by atoms with van der Waals surface area (Å²) in [5.41, 5.74) is 0.402. The molecule has 0 amide bonds. The van der Waals surface area contributed by atoms with E-state index in [2.05, 4.69) is 0 Å². The first-order chi connectivity index (χ1) is 7.68. The van der Waals surface area contributed by atoms with Crippen LogP contribution in [0.3, 0.4) is 0 Å². The van der Waals surface area contributed by atoms with Gasteiger partial charge in [-0.1, -0.05) is 17.7 Å². The third-order valence-corrected chi connectivity index (χ3v) is 3.49. The highest BCUT2D eigenvalue weighted by Gasteiger charge is 2.41. The van der Waals surface area contributed by atoms with Crippen LogP contribution in [0, 0.1) is 0 Å². The topological polar surface area (TPSA) is 38.7 Å². The highest BCUT2D eigenvalue weighted by molar-refractivity contribution is 6.33. The van der Waals surface area contributed by atoms with E-state index in [1.807, 2.05) is 12.1 Å². The Morgan fingerprint density at radius 1 is 1.25 bits per heavy atom. The van der Waals surface area contributed by atoms with Gasteiger partial charge in [0.2, 0.25) is 0 Å². The van der Waals surface area contributed by atoms with E-state index in [0.29, 0.717) is 36.2 Å². The third-order valence-electron chi connectivity index (χ3n) is 3.07. The van der Waals surface area contributed by atoms with Crippen LogP contribution in [0.2, 0.25) is 5.02 Å². The first kappa shape index (κ1) is 10.2. The molecule has 1 fully saturated rings. The second-order valence-corrected chi connectivity index (χ2v) is 4.84. The zero-order valence-electron chi connectivity index (χ0n) is 8.83. The highest BCUT2D eigenvalue weighted by Crippen LogP contribution is 2.44. The summed E-state index contributed by atoms with van der Waals surface area (Å²) in [5, 5.41) is 10.5. The lowest BCUT2D eigenvalue weighted by atomic mass is 10.1. The Kier molecular flexibility index (Phi) is 2.26. The van der Waals surface area contributed by atoms with Crippen LogP contribution in [0.5, 0.6) is 11.5 Å². The van der Waals surface area contributed by atoms with Crippen molar-refractivity contribution in [3.63, 3.8) is 0 Å². The van der Waals surface area contributed by atoms with Gasteiger partial charge < -0.3 is 14.6 Å². The van der Waals surface area contributed by atoms with Gasteiger partial charge >= 0.3 is 0 Å². The van der Waals surface area contributed by atoms with Crippen LogP contribution < -0.4 is 9.47 Å². The van der Waals surface area contributed by atoms with Crippen molar-refractivity contribution in [3.8, 4) is 11.5 Å². The number of benzene rings is 1. The quantitative estimate of drug-likeness (QED) is 0.861. The molecule has 0 aromatic heterocycles. The Bertz CT molecular complexity index is 427. The Hall–Kier alpha value is -0.930. The molecule has 0 radical (unpaired) electrons. The molecule has 86 valence electrons. The molecule has 1 aromatic rings. The van der Waals surface area contributed by atoms with Crippen molar-refractivity contribution < 1.29 is 14.6 Å². The molecule has 1 aromatic carbocycles. The van der Waals surface area contributed by atoms with Crippen LogP contribution in [0.4, 0.5) is 0 Å². The van der Waals surface area contributed by atoms with E-state index in [1.54, 1.807) is 0 Å². The Balaban J connectivity index is 1.94. The van der Waals surface area contributed by atoms with Crippen molar-refractivity contribution in [2.45, 2.75) is 24.9 Å². The largest absolute Gasteiger partial charge is 0.486 e. The number of rotatable bonds is 2. The minimum absolute atomic E-state index is 0.528. The highest BCUT2D eigenvalue weighted by atomic mass is 35.5. The normalized spacial score (nSPS) is 20.6. The minimum atomic E-state index is -0.534. The van der Waals surface area contributed by atoms with Gasteiger partial charge in [0.05, 0.1) is 10.6 Å². The number of aliphatic hydroxyl groups is 1. The zero-order chi connectivity index (χ0) is 11.2. The van der Waals surface area contributed by atoms with Crippen molar-refractivity contribution in [1.82, 2.24) is 0 Å². The van der Waals surface area contributed by atoms with Crippen molar-refractivity contribution in [2.75, 3.05) is 13.2 Å². The summed E-state index contributed by atoms with van der Waals surface area (Å²) >= 11 is 6.24. The van der Waals surface area contributed by atoms with Crippen LogP contribution in [0.15, 0.2) is 12.1 Å². The zero-order valence-corrected chi connectivity index (χ0v) is 9.59. The van der Waals surface area contributed by atoms with Gasteiger partial charge in [-0.3, -0.25) is 0 Å². The van der Waals surface area contributed by atoms with Crippen LogP contribution in [0.25, 0.3) is 0 Å². The summed E-state index contributed by atoms with van der Waals surface area (Å²) < 4.78 is 10.9. The van der Waals surface area contributed by atoms with Gasteiger partial charge in [-0.15, -0.1) is 0 Å². The van der Waals surface area contributed by atoms with Gasteiger partial charge in [-0.2, -0.15) is 0 Å². The maximum absolute atomic E-state index is 9.88. The van der Waals surface area contributed by atoms with Crippen molar-refractivity contribution in [3.05, 3.63) is 22.7 Å². The Labute approximate surface area is 98.9 Å². The van der Waals surface area contributed by atoms with Gasteiger partial charge in [-0.05, 0) is 24.5 Å². The molecule has 0 atom stereocenters. The maximum atomic E-state index is 9.88. The van der Waals surface area contributed by atoms with E-state index in [-0.39, 0.29) is 0 Å². The molecule has 0 saturated heterocycles. The van der Waals surface area contributed by atoms with Crippen molar-refractivity contribution in [1.29, 1.82) is 0 Å². The van der Waals surface area contributed by atoms with E-state index in [9.17, 15) is 5.11 Å². The summed E-state index contributed by atoms with van der Waals surface area (Å²) in [6.45, 7) is 1.09. The molecular weight excluding hydrogens is 228 g/mol. The van der Waals surface area contributed by atoms with Crippen LogP contribution in [0.1, 0.15) is 18.4 Å². The second kappa shape index (κ2) is 3.54. The number of hydrogen-bond donors (Lipinski definition) is 1. The summed E-state index contributed by atoms with van der Waals surface area (Å²) in [7, 11) is 0. The standard InChI is InChI=1S/C12H13ClO3/c13-10-8(7-12(14)3-4-12)1-2-9-11(10)16-6-5-15-9/h1-2,14H,3-7H2. The molecule has 2 aliphatic rings. The summed E-state index contributed by atoms with van der Waals surface area (Å²) in [6.07, 6.45) is 2.32. The van der Waals surface area contributed by atoms with E-state index in [0.717, 1.165) is 18.4 Å². The fourth-order valence-corrected chi connectivity index (χ4v) is 2.21. The first-order valence-electron chi connectivity index (χ1n) is 5.47. The summed E-state index contributed by atoms with van der Waals surface area (Å²) in [5.74, 6) is 1.32. The van der Waals surface area contributed by atoms with E-state index < -0.39 is 5.60 Å². The van der Waals surface area contributed by atoms with E-state index in [1.165, 1.54) is 0 Å². The fraction of sp³-hybridized carbons (Fsp3) is 0.500. The number of hydrogen-bond acceptors (Lipinski definition) is 3. The van der Waals surface area contributed by atoms with Gasteiger partial charge in [0.15, 0.2) is 11.5 Å². The SMILES string of the molecule is OC1(Cc2ccc3c(c2Cl)OCCO3)CC1. The average molecular weight is 241 g/mol. The lowest BCUT2D eigenvalue weighted by molar-refractivity contribution is 0.150. The second-order valence-electron chi connectivity index (χ2n) is 4.46. The molecular formula is C12H13ClO3. The van der Waals surface area contributed by atoms with Crippen molar-refractivity contribution in [2.24, 2.45) is 0 Å². The number of halogens is 1. The molecule has 1 N–H and O–H groups in total. The van der Waals surface area contributed by atoms with Crippen LogP contribution >= 0.6 is 11.6 Å². The minimum Gasteiger partial charge on any atom is -0.486 e. The van der Waals surface area contributed by atoms with Crippen LogP contribution in [-0.2, 0) is 6.42 Å². The number of ether oxygens (including phenoxy) is 2. The molecule has 1 saturated carbocycles. The first-order valence-corrected chi connectivity index (χ1v) is 5.85. The molecule has 0 spiro atoms. The lowest BCUT2D eigenvalue weighted by Crippen LogP contribution is -2.17. The fourth-order valence-electron chi connectivity index (χ4n) is 1.93. The van der Waals surface area contributed by atoms with Gasteiger partial charge in [0, 0.05) is 6.42 Å². The molecule has 1 heterocycles. The maximum Gasteiger partial charge on any atom is 0.180 e. The molecule has 3 nitrogen and oxygen atoms in total. The van der Waals surface area contributed by atoms with Gasteiger partial charge in [-0.25, -0.2) is 0 Å². The number of fused-ring (bicyclic) bond motifs is 1. The van der Waals surface area contributed by atoms with E-state index >= 15 is 0 Å². The lowest BCUT2D eigenvalue weighted by Gasteiger charge is -2.21. The summed E-state index contributed by atoms with van der Waals surface area (Å²) in [6, 6.07) is 3.77. The molecule has 3 rings (SSSR count). The molecule has 16 heavy (non-hydrogen) atoms. The van der Waals surface area contributed by atoms with Gasteiger partial charge in [0.25, 0.3) is 0 Å². The molecule has 0 bridgehead atoms. The van der Waals surface area contributed by atoms with Crippen molar-refractivity contribution >= 4 is 11.6 Å². The molecule has 0 unspecified atom stereocenters. The average Bonchev–Trinajstić information content (AvgIpc) is 3.01. The Morgan fingerprint density at radius 3 is 2.75 bits per heavy atom. The molecule has 1 aliphatic carbocycles. The Morgan fingerprint density at radius 2 is 2.00 bits per heavy atom. The van der Waals surface area contributed by atoms with Crippen LogP contribution in [-0.4, -0.2) is 23.9 Å². The predicted octanol–water partition coefficient (Wildman–Crippen LogP) is 2.18. The smallest absolute Gasteiger partial charge is 0.180 e. The van der Waals surface area contributed by atoms with Gasteiger partial charge in [0.1, 0.15) is 13.2 Å². The predicted molar refractivity (Wildman–Crippen MR) is 60.3 cm³/mol. The molecule has 1 aliphatic heterocycles. The van der Waals surface area contributed by atoms with E-state index in [4.69, 9.17) is 21.1 Å².